The molecule has 0 radical (unpaired) electrons. The Bertz CT molecular complexity index is 2810. The largest absolute Gasteiger partial charge is 0.456 e. The van der Waals surface area contributed by atoms with E-state index in [-0.39, 0.29) is 0 Å². The maximum atomic E-state index is 6.49. The van der Waals surface area contributed by atoms with Crippen LogP contribution in [-0.4, -0.2) is 0 Å². The maximum Gasteiger partial charge on any atom is 0.136 e. The van der Waals surface area contributed by atoms with Crippen LogP contribution in [0.1, 0.15) is 0 Å². The molecule has 0 spiro atoms. The SMILES string of the molecule is c1ccc(-c2ccc(N(c3ccc4ccccc4c3)c3ccc4oc5cc6c(cc5c4c3)oc3cc(-c4ccccc4)ccc36)cc2)cc1. The van der Waals surface area contributed by atoms with Crippen molar-refractivity contribution in [2.45, 2.75) is 0 Å². The topological polar surface area (TPSA) is 29.5 Å². The number of fused-ring (bicyclic) bond motifs is 7. The molecule has 0 unspecified atom stereocenters. The molecule has 0 saturated heterocycles. The lowest BCUT2D eigenvalue weighted by Crippen LogP contribution is -2.09. The molecule has 0 aliphatic carbocycles. The van der Waals surface area contributed by atoms with Gasteiger partial charge in [0.05, 0.1) is 0 Å². The summed E-state index contributed by atoms with van der Waals surface area (Å²) in [5.41, 5.74) is 11.3. The van der Waals surface area contributed by atoms with Gasteiger partial charge in [0.15, 0.2) is 0 Å². The van der Waals surface area contributed by atoms with Crippen molar-refractivity contribution >= 4 is 71.7 Å². The van der Waals surface area contributed by atoms with E-state index in [1.54, 1.807) is 0 Å². The van der Waals surface area contributed by atoms with Crippen LogP contribution >= 0.6 is 0 Å². The van der Waals surface area contributed by atoms with Crippen molar-refractivity contribution < 1.29 is 8.83 Å². The van der Waals surface area contributed by atoms with Crippen LogP contribution in [0, 0.1) is 0 Å². The van der Waals surface area contributed by atoms with Gasteiger partial charge in [-0.25, -0.2) is 0 Å². The van der Waals surface area contributed by atoms with Crippen molar-refractivity contribution in [3.05, 3.63) is 176 Å². The Hall–Kier alpha value is -6.58. The van der Waals surface area contributed by atoms with Crippen LogP contribution in [0.2, 0.25) is 0 Å². The highest BCUT2D eigenvalue weighted by molar-refractivity contribution is 6.15. The van der Waals surface area contributed by atoms with E-state index < -0.39 is 0 Å². The van der Waals surface area contributed by atoms with Crippen molar-refractivity contribution in [2.75, 3.05) is 4.90 Å². The molecule has 0 bridgehead atoms. The minimum atomic E-state index is 0.846. The Morgan fingerprint density at radius 2 is 0.796 bits per heavy atom. The van der Waals surface area contributed by atoms with Crippen LogP contribution in [0.4, 0.5) is 17.1 Å². The van der Waals surface area contributed by atoms with Gasteiger partial charge in [0, 0.05) is 38.6 Å². The van der Waals surface area contributed by atoms with E-state index in [0.29, 0.717) is 0 Å². The quantitative estimate of drug-likeness (QED) is 0.190. The lowest BCUT2D eigenvalue weighted by Gasteiger charge is -2.26. The molecule has 2 heterocycles. The lowest BCUT2D eigenvalue weighted by atomic mass is 10.0. The second kappa shape index (κ2) is 11.0. The third-order valence-corrected chi connectivity index (χ3v) is 9.64. The average Bonchev–Trinajstić information content (AvgIpc) is 3.71. The Morgan fingerprint density at radius 1 is 0.286 bits per heavy atom. The summed E-state index contributed by atoms with van der Waals surface area (Å²) in [4.78, 5) is 2.32. The smallest absolute Gasteiger partial charge is 0.136 e. The van der Waals surface area contributed by atoms with Gasteiger partial charge >= 0.3 is 0 Å². The van der Waals surface area contributed by atoms with Gasteiger partial charge in [-0.15, -0.1) is 0 Å². The predicted octanol–water partition coefficient (Wildman–Crippen LogP) is 13.4. The molecule has 0 aliphatic heterocycles. The Kier molecular flexibility index (Phi) is 6.18. The van der Waals surface area contributed by atoms with E-state index in [0.717, 1.165) is 66.5 Å². The fourth-order valence-corrected chi connectivity index (χ4v) is 7.18. The summed E-state index contributed by atoms with van der Waals surface area (Å²) in [6.45, 7) is 0. The van der Waals surface area contributed by atoms with Crippen LogP contribution in [0.3, 0.4) is 0 Å². The molecular formula is C46H29NO2. The second-order valence-corrected chi connectivity index (χ2v) is 12.6. The summed E-state index contributed by atoms with van der Waals surface area (Å²) >= 11 is 0. The highest BCUT2D eigenvalue weighted by atomic mass is 16.3. The van der Waals surface area contributed by atoms with Crippen molar-refractivity contribution in [3.8, 4) is 22.3 Å². The molecule has 2 aromatic heterocycles. The summed E-state index contributed by atoms with van der Waals surface area (Å²) in [5.74, 6) is 0. The van der Waals surface area contributed by atoms with E-state index >= 15 is 0 Å². The molecule has 3 nitrogen and oxygen atoms in total. The number of nitrogens with zero attached hydrogens (tertiary/aromatic N) is 1. The van der Waals surface area contributed by atoms with E-state index in [2.05, 4.69) is 175 Å². The molecule has 8 aromatic carbocycles. The first-order chi connectivity index (χ1) is 24.2. The van der Waals surface area contributed by atoms with Crippen molar-refractivity contribution in [1.29, 1.82) is 0 Å². The van der Waals surface area contributed by atoms with Crippen LogP contribution in [-0.2, 0) is 0 Å². The van der Waals surface area contributed by atoms with E-state index in [9.17, 15) is 0 Å². The van der Waals surface area contributed by atoms with E-state index in [1.165, 1.54) is 27.5 Å². The second-order valence-electron chi connectivity index (χ2n) is 12.6. The first-order valence-corrected chi connectivity index (χ1v) is 16.6. The van der Waals surface area contributed by atoms with Crippen molar-refractivity contribution in [2.24, 2.45) is 0 Å². The molecule has 3 heteroatoms. The first kappa shape index (κ1) is 27.5. The maximum absolute atomic E-state index is 6.49. The van der Waals surface area contributed by atoms with Crippen molar-refractivity contribution in [1.82, 2.24) is 0 Å². The monoisotopic (exact) mass is 627 g/mol. The molecule has 10 rings (SSSR count). The highest BCUT2D eigenvalue weighted by Gasteiger charge is 2.18. The van der Waals surface area contributed by atoms with Crippen LogP contribution in [0.15, 0.2) is 185 Å². The molecule has 0 saturated carbocycles. The summed E-state index contributed by atoms with van der Waals surface area (Å²) < 4.78 is 13.0. The zero-order chi connectivity index (χ0) is 32.3. The highest BCUT2D eigenvalue weighted by Crippen LogP contribution is 2.42. The third-order valence-electron chi connectivity index (χ3n) is 9.64. The zero-order valence-corrected chi connectivity index (χ0v) is 26.5. The zero-order valence-electron chi connectivity index (χ0n) is 26.5. The van der Waals surface area contributed by atoms with Gasteiger partial charge in [0.25, 0.3) is 0 Å². The third kappa shape index (κ3) is 4.67. The minimum absolute atomic E-state index is 0.846. The molecule has 10 aromatic rings. The van der Waals surface area contributed by atoms with Gasteiger partial charge in [-0.1, -0.05) is 109 Å². The van der Waals surface area contributed by atoms with Gasteiger partial charge in [-0.05, 0) is 99.8 Å². The molecule has 0 amide bonds. The number of hydrogen-bond donors (Lipinski definition) is 0. The summed E-state index contributed by atoms with van der Waals surface area (Å²) in [6.07, 6.45) is 0. The number of rotatable bonds is 5. The summed E-state index contributed by atoms with van der Waals surface area (Å²) in [5, 5.41) is 6.63. The molecule has 0 atom stereocenters. The number of hydrogen-bond acceptors (Lipinski definition) is 3. The van der Waals surface area contributed by atoms with Gasteiger partial charge in [0.2, 0.25) is 0 Å². The lowest BCUT2D eigenvalue weighted by molar-refractivity contribution is 0.664. The Morgan fingerprint density at radius 3 is 1.55 bits per heavy atom. The number of anilines is 3. The number of furan rings is 2. The van der Waals surface area contributed by atoms with Crippen LogP contribution in [0.25, 0.3) is 76.9 Å². The van der Waals surface area contributed by atoms with E-state index in [1.807, 2.05) is 6.07 Å². The molecule has 230 valence electrons. The van der Waals surface area contributed by atoms with Crippen LogP contribution in [0.5, 0.6) is 0 Å². The fraction of sp³-hybridized carbons (Fsp3) is 0. The molecule has 0 aliphatic rings. The minimum Gasteiger partial charge on any atom is -0.456 e. The molecular weight excluding hydrogens is 599 g/mol. The normalized spacial score (nSPS) is 11.7. The van der Waals surface area contributed by atoms with Crippen molar-refractivity contribution in [3.63, 3.8) is 0 Å². The van der Waals surface area contributed by atoms with E-state index in [4.69, 9.17) is 8.83 Å². The van der Waals surface area contributed by atoms with Gasteiger partial charge in [-0.3, -0.25) is 0 Å². The summed E-state index contributed by atoms with van der Waals surface area (Å²) in [6, 6.07) is 62.1. The first-order valence-electron chi connectivity index (χ1n) is 16.6. The Balaban J connectivity index is 1.12. The molecule has 0 N–H and O–H groups in total. The fourth-order valence-electron chi connectivity index (χ4n) is 7.18. The molecule has 49 heavy (non-hydrogen) atoms. The standard InChI is InChI=1S/C46H29NO2/c1-3-9-30(10-4-1)33-15-19-36(20-16-33)47(37-21-17-32-13-7-8-14-34(32)25-37)38-22-24-43-40(27-38)42-29-45-41(28-46(42)48-43)39-23-18-35(26-44(39)49-45)31-11-5-2-6-12-31/h1-29H. The average molecular weight is 628 g/mol. The van der Waals surface area contributed by atoms with Gasteiger partial charge in [0.1, 0.15) is 22.3 Å². The van der Waals surface area contributed by atoms with Gasteiger partial charge in [-0.2, -0.15) is 0 Å². The summed E-state index contributed by atoms with van der Waals surface area (Å²) in [7, 11) is 0. The number of benzene rings is 8. The van der Waals surface area contributed by atoms with Crippen LogP contribution < -0.4 is 4.90 Å². The predicted molar refractivity (Wildman–Crippen MR) is 204 cm³/mol. The molecule has 0 fully saturated rings. The Labute approximate surface area is 282 Å². The van der Waals surface area contributed by atoms with Gasteiger partial charge < -0.3 is 13.7 Å².